The van der Waals surface area contributed by atoms with Gasteiger partial charge in [-0.1, -0.05) is 129 Å². The fraction of sp³-hybridized carbons (Fsp3) is 0.617. The van der Waals surface area contributed by atoms with Gasteiger partial charge in [0, 0.05) is 54.1 Å². The summed E-state index contributed by atoms with van der Waals surface area (Å²) in [5.41, 5.74) is 1.51. The third-order valence-electron chi connectivity index (χ3n) is 11.3. The zero-order valence-electron chi connectivity index (χ0n) is 34.0. The molecule has 0 bridgehead atoms. The van der Waals surface area contributed by atoms with E-state index < -0.39 is 6.09 Å². The number of benzene rings is 2. The average Bonchev–Trinajstić information content (AvgIpc) is 3.70. The molecule has 0 unspecified atom stereocenters. The molecule has 0 radical (unpaired) electrons. The summed E-state index contributed by atoms with van der Waals surface area (Å²) in [6.45, 7) is 8.50. The van der Waals surface area contributed by atoms with Crippen molar-refractivity contribution in [3.63, 3.8) is 0 Å². The molecule has 2 aromatic carbocycles. The molecule has 0 saturated carbocycles. The maximum absolute atomic E-state index is 13.1. The van der Waals surface area contributed by atoms with Crippen molar-refractivity contribution in [1.29, 1.82) is 0 Å². The number of hydrogen-bond donors (Lipinski definition) is 0. The van der Waals surface area contributed by atoms with Gasteiger partial charge in [-0.05, 0) is 73.0 Å². The number of thiophene rings is 1. The summed E-state index contributed by atoms with van der Waals surface area (Å²) >= 11 is 1.81. The highest BCUT2D eigenvalue weighted by atomic mass is 32.1. The molecule has 7 nitrogen and oxygen atoms in total. The molecule has 1 aliphatic heterocycles. The Labute approximate surface area is 335 Å². The van der Waals surface area contributed by atoms with Crippen LogP contribution in [0.2, 0.25) is 0 Å². The summed E-state index contributed by atoms with van der Waals surface area (Å²) in [6.07, 6.45) is 26.5. The van der Waals surface area contributed by atoms with Crippen LogP contribution in [0.3, 0.4) is 0 Å². The molecule has 8 heteroatoms. The Hall–Kier alpha value is -3.36. The van der Waals surface area contributed by atoms with E-state index in [-0.39, 0.29) is 5.56 Å². The Morgan fingerprint density at radius 1 is 0.655 bits per heavy atom. The van der Waals surface area contributed by atoms with Gasteiger partial charge in [-0.2, -0.15) is 0 Å². The first-order valence-corrected chi connectivity index (χ1v) is 22.9. The Morgan fingerprint density at radius 3 is 1.91 bits per heavy atom. The average molecular weight is 772 g/mol. The molecule has 0 spiro atoms. The van der Waals surface area contributed by atoms with Crippen LogP contribution in [-0.4, -0.2) is 61.5 Å². The van der Waals surface area contributed by atoms with Crippen LogP contribution in [0.25, 0.3) is 21.0 Å². The summed E-state index contributed by atoms with van der Waals surface area (Å²) in [4.78, 5) is 30.9. The van der Waals surface area contributed by atoms with E-state index in [1.807, 2.05) is 23.5 Å². The molecule has 55 heavy (non-hydrogen) atoms. The number of pyridine rings is 1. The molecule has 0 amide bonds. The number of rotatable bonds is 27. The number of nitrogens with zero attached hydrogens (tertiary/aromatic N) is 3. The van der Waals surface area contributed by atoms with Crippen LogP contribution in [0.15, 0.2) is 64.8 Å². The lowest BCUT2D eigenvalue weighted by Gasteiger charge is -2.36. The smallest absolute Gasteiger partial charge is 0.421 e. The quantitative estimate of drug-likeness (QED) is 0.0563. The molecule has 0 atom stereocenters. The highest BCUT2D eigenvalue weighted by molar-refractivity contribution is 7.17. The van der Waals surface area contributed by atoms with Gasteiger partial charge in [-0.15, -0.1) is 11.3 Å². The second-order valence-corrected chi connectivity index (χ2v) is 16.6. The molecule has 1 aliphatic rings. The zero-order valence-corrected chi connectivity index (χ0v) is 34.8. The van der Waals surface area contributed by atoms with E-state index in [4.69, 9.17) is 9.47 Å². The monoisotopic (exact) mass is 772 g/mol. The van der Waals surface area contributed by atoms with E-state index in [1.54, 1.807) is 12.1 Å². The molecule has 5 rings (SSSR count). The highest BCUT2D eigenvalue weighted by Gasteiger charge is 2.19. The van der Waals surface area contributed by atoms with Crippen LogP contribution in [0.5, 0.6) is 5.75 Å². The van der Waals surface area contributed by atoms with Crippen molar-refractivity contribution in [3.8, 4) is 5.75 Å². The Bertz CT molecular complexity index is 1730. The summed E-state index contributed by atoms with van der Waals surface area (Å²) in [5, 5.41) is 4.36. The van der Waals surface area contributed by atoms with Gasteiger partial charge in [0.15, 0.2) is 0 Å². The van der Waals surface area contributed by atoms with Crippen LogP contribution in [0.1, 0.15) is 142 Å². The second-order valence-electron chi connectivity index (χ2n) is 15.7. The lowest BCUT2D eigenvalue weighted by atomic mass is 10.0. The number of hydrogen-bond acceptors (Lipinski definition) is 7. The van der Waals surface area contributed by atoms with Crippen LogP contribution < -0.4 is 15.2 Å². The molecule has 302 valence electrons. The van der Waals surface area contributed by atoms with Gasteiger partial charge in [0.1, 0.15) is 5.75 Å². The molecule has 3 heterocycles. The number of anilines is 1. The molecule has 1 saturated heterocycles. The molecular formula is C47H69N3O4S. The summed E-state index contributed by atoms with van der Waals surface area (Å²) in [6, 6.07) is 17.7. The van der Waals surface area contributed by atoms with Crippen molar-refractivity contribution >= 4 is 44.1 Å². The predicted octanol–water partition coefficient (Wildman–Crippen LogP) is 12.6. The Kier molecular flexibility index (Phi) is 19.4. The van der Waals surface area contributed by atoms with Gasteiger partial charge >= 0.3 is 6.09 Å². The van der Waals surface area contributed by atoms with Crippen molar-refractivity contribution in [1.82, 2.24) is 9.47 Å². The van der Waals surface area contributed by atoms with Crippen LogP contribution in [0, 0.1) is 0 Å². The van der Waals surface area contributed by atoms with E-state index in [0.29, 0.717) is 24.5 Å². The summed E-state index contributed by atoms with van der Waals surface area (Å²) in [7, 11) is 0. The minimum Gasteiger partial charge on any atom is -0.494 e. The SMILES string of the molecule is CCCCCCCCCCCCCCCCCCCCCOC(=O)n1c(=O)ccc2ccc(OCCCCN3CCN(c4cccc5sccc45)CC3)cc21. The minimum absolute atomic E-state index is 0.330. The Morgan fingerprint density at radius 2 is 1.25 bits per heavy atom. The highest BCUT2D eigenvalue weighted by Crippen LogP contribution is 2.31. The van der Waals surface area contributed by atoms with Crippen molar-refractivity contribution < 1.29 is 14.3 Å². The van der Waals surface area contributed by atoms with E-state index >= 15 is 0 Å². The first-order valence-electron chi connectivity index (χ1n) is 22.0. The number of unbranched alkanes of at least 4 members (excludes halogenated alkanes) is 19. The van der Waals surface area contributed by atoms with Crippen molar-refractivity contribution in [2.45, 2.75) is 142 Å². The number of aromatic nitrogens is 1. The van der Waals surface area contributed by atoms with Gasteiger partial charge in [-0.25, -0.2) is 9.36 Å². The van der Waals surface area contributed by atoms with E-state index in [1.165, 1.54) is 125 Å². The largest absolute Gasteiger partial charge is 0.494 e. The number of carbonyl (C=O) groups excluding carboxylic acids is 1. The molecule has 1 fully saturated rings. The van der Waals surface area contributed by atoms with Gasteiger partial charge in [-0.3, -0.25) is 9.69 Å². The van der Waals surface area contributed by atoms with Gasteiger partial charge < -0.3 is 14.4 Å². The number of carbonyl (C=O) groups is 1. The maximum atomic E-state index is 13.1. The third-order valence-corrected chi connectivity index (χ3v) is 12.2. The second kappa shape index (κ2) is 25.0. The van der Waals surface area contributed by atoms with E-state index in [0.717, 1.165) is 74.8 Å². The van der Waals surface area contributed by atoms with Crippen LogP contribution in [-0.2, 0) is 4.74 Å². The molecule has 2 aromatic heterocycles. The first kappa shape index (κ1) is 42.8. The van der Waals surface area contributed by atoms with Crippen molar-refractivity contribution in [3.05, 3.63) is 70.3 Å². The third kappa shape index (κ3) is 14.6. The summed E-state index contributed by atoms with van der Waals surface area (Å²) < 4.78 is 14.2. The number of fused-ring (bicyclic) bond motifs is 2. The molecule has 0 N–H and O–H groups in total. The predicted molar refractivity (Wildman–Crippen MR) is 234 cm³/mol. The number of ether oxygens (including phenoxy) is 2. The van der Waals surface area contributed by atoms with Gasteiger partial charge in [0.25, 0.3) is 5.56 Å². The molecule has 4 aromatic rings. The van der Waals surface area contributed by atoms with Gasteiger partial charge in [0.05, 0.1) is 18.7 Å². The topological polar surface area (TPSA) is 64.0 Å². The van der Waals surface area contributed by atoms with Crippen molar-refractivity contribution in [2.24, 2.45) is 0 Å². The number of piperazine rings is 1. The van der Waals surface area contributed by atoms with Crippen LogP contribution in [0.4, 0.5) is 10.5 Å². The van der Waals surface area contributed by atoms with Crippen LogP contribution >= 0.6 is 11.3 Å². The lowest BCUT2D eigenvalue weighted by molar-refractivity contribution is 0.145. The lowest BCUT2D eigenvalue weighted by Crippen LogP contribution is -2.46. The summed E-state index contributed by atoms with van der Waals surface area (Å²) in [5.74, 6) is 0.662. The first-order chi connectivity index (χ1) is 27.1. The minimum atomic E-state index is -0.609. The fourth-order valence-electron chi connectivity index (χ4n) is 7.99. The zero-order chi connectivity index (χ0) is 38.3. The standard InChI is InChI=1S/C47H69N3O4S/c1-2-3-4-5-6-7-8-9-10-11-12-13-14-15-16-17-18-19-21-37-54-47(52)50-44-39-41(28-26-40(44)27-29-46(50)51)53-36-22-20-31-48-32-34-49(35-33-48)43-24-23-25-45-42(43)30-38-55-45/h23-30,38-39H,2-22,31-37H2,1H3. The fourth-order valence-corrected chi connectivity index (χ4v) is 8.80. The van der Waals surface area contributed by atoms with Gasteiger partial charge in [0.2, 0.25) is 0 Å². The maximum Gasteiger partial charge on any atom is 0.421 e. The van der Waals surface area contributed by atoms with E-state index in [9.17, 15) is 9.59 Å². The van der Waals surface area contributed by atoms with E-state index in [2.05, 4.69) is 46.4 Å². The normalized spacial score (nSPS) is 13.6. The molecular weight excluding hydrogens is 703 g/mol. The molecule has 0 aliphatic carbocycles. The Balaban J connectivity index is 0.893. The van der Waals surface area contributed by atoms with Crippen molar-refractivity contribution in [2.75, 3.05) is 50.8 Å².